The number of aliphatic hydroxyl groups is 22. The summed E-state index contributed by atoms with van der Waals surface area (Å²) in [5, 5.41) is 247. The van der Waals surface area contributed by atoms with Crippen LogP contribution in [0.1, 0.15) is 22.8 Å². The average molecular weight is 1450 g/mol. The molecule has 39 nitrogen and oxygen atoms in total. The van der Waals surface area contributed by atoms with Gasteiger partial charge in [0.15, 0.2) is 12.6 Å². The minimum atomic E-state index is -2.06. The van der Waals surface area contributed by atoms with Gasteiger partial charge in [-0.15, -0.1) is 57.2 Å². The minimum absolute atomic E-state index is 0.0120. The SMILES string of the molecule is OC[C@H]1O[C@@H](SCCOCc2nnn(C[C@H]3O[C@H](O[C@H]4O[C@H](Cn5nnc(COCCS[C@@H]6O[C@H](CO)[C@H](O)[C@H](O)[C@H]6O)c5COCCS[C@@H]5O[C@H](CO)[C@H](O)[C@H](O)[C@H]5O)[C@@H](O)[C@H](O)[C@H]4O)[C@H](O)[C@@H](O)[C@@H]3O)c2COCCS[C@@H]2O[C@H](CO)[C@H](O)[C@H](O)[C@H]2O)[C@H](O)[C@@H](O)[C@H]1O. The molecule has 8 heterocycles. The molecule has 0 amide bonds. The normalized spacial score (nSPS) is 41.2. The summed E-state index contributed by atoms with van der Waals surface area (Å²) in [4.78, 5) is 0. The van der Waals surface area contributed by atoms with Crippen LogP contribution in [0.4, 0.5) is 0 Å². The number of nitrogens with zero attached hydrogens (tertiary/aromatic N) is 6. The molecule has 30 atom stereocenters. The largest absolute Gasteiger partial charge is 0.394 e. The molecular formula is C52H88N6O33S4. The summed E-state index contributed by atoms with van der Waals surface area (Å²) in [6.45, 7) is -4.56. The highest BCUT2D eigenvalue weighted by Gasteiger charge is 2.52. The Morgan fingerprint density at radius 1 is 0.305 bits per heavy atom. The number of ether oxygens (including phenoxy) is 11. The lowest BCUT2D eigenvalue weighted by Gasteiger charge is -2.45. The quantitative estimate of drug-likeness (QED) is 0.0289. The van der Waals surface area contributed by atoms with E-state index in [4.69, 9.17) is 52.1 Å². The Kier molecular flexibility index (Phi) is 31.2. The van der Waals surface area contributed by atoms with Crippen molar-refractivity contribution in [1.29, 1.82) is 0 Å². The second-order valence-corrected chi connectivity index (χ2v) is 27.8. The lowest BCUT2D eigenvalue weighted by atomic mass is 9.97. The number of aliphatic hydroxyl groups excluding tert-OH is 22. The van der Waals surface area contributed by atoms with Crippen molar-refractivity contribution in [1.82, 2.24) is 30.0 Å². The van der Waals surface area contributed by atoms with Crippen LogP contribution < -0.4 is 0 Å². The predicted octanol–water partition coefficient (Wildman–Crippen LogP) is -12.6. The van der Waals surface area contributed by atoms with Gasteiger partial charge in [0.2, 0.25) is 0 Å². The van der Waals surface area contributed by atoms with Gasteiger partial charge >= 0.3 is 0 Å². The Morgan fingerprint density at radius 2 is 0.558 bits per heavy atom. The third-order valence-electron chi connectivity index (χ3n) is 16.5. The molecule has 0 saturated carbocycles. The smallest absolute Gasteiger partial charge is 0.189 e. The van der Waals surface area contributed by atoms with Crippen LogP contribution in [0.15, 0.2) is 0 Å². The van der Waals surface area contributed by atoms with Crippen molar-refractivity contribution in [3.8, 4) is 0 Å². The number of thioether (sulfide) groups is 4. The summed E-state index contributed by atoms with van der Waals surface area (Å²) in [5.74, 6) is 0.581. The van der Waals surface area contributed by atoms with E-state index in [0.717, 1.165) is 47.0 Å². The van der Waals surface area contributed by atoms with Gasteiger partial charge < -0.3 is 164 Å². The van der Waals surface area contributed by atoms with Gasteiger partial charge in [-0.3, -0.25) is 0 Å². The topological polar surface area (TPSA) is 608 Å². The fourth-order valence-electron chi connectivity index (χ4n) is 10.8. The molecule has 6 saturated heterocycles. The van der Waals surface area contributed by atoms with Crippen molar-refractivity contribution >= 4 is 47.0 Å². The molecule has 548 valence electrons. The number of aromatic nitrogens is 6. The first-order chi connectivity index (χ1) is 45.4. The standard InChI is InChI=1S/C52H88N6O33S4/c59-11-25-31(65)37(71)43(77)49(87-25)92-5-1-81-15-19-21(17-83-3-7-94-51-45(79)39(73)33(67)27(13-61)89-51)57(55-53-19)9-23-29(63)35(69)41(75)47(85-23)91-48-42(76)36(70)30(64)24(86-48)10-58-22(18-84-4-8-95-52-46(80)40(74)34(68)28(14-62)90-52)20(54-56-58)16-82-2-6-93-50-44(78)38(72)32(66)26(12-60)88-50/h23-52,59-80H,1-18H2/t23-,24-,25-,26-,27-,28-,29-,30-,31+,32+,33+,34+,35+,36+,37+,38+,39+,40+,41-,42-,43-,44-,45-,46-,47-,48-,49+,50+,51+,52+/m1/s1. The zero-order valence-electron chi connectivity index (χ0n) is 50.7. The summed E-state index contributed by atoms with van der Waals surface area (Å²) in [6, 6.07) is 0. The summed E-state index contributed by atoms with van der Waals surface area (Å²) in [6.07, 6.45) is -42.1. The highest BCUT2D eigenvalue weighted by molar-refractivity contribution is 8.00. The Labute approximate surface area is 558 Å². The molecule has 0 spiro atoms. The van der Waals surface area contributed by atoms with Crippen molar-refractivity contribution in [2.75, 3.05) is 75.9 Å². The Balaban J connectivity index is 0.920. The van der Waals surface area contributed by atoms with E-state index in [1.54, 1.807) is 0 Å². The third-order valence-corrected chi connectivity index (χ3v) is 21.0. The van der Waals surface area contributed by atoms with E-state index in [1.807, 2.05) is 0 Å². The molecule has 43 heteroatoms. The molecule has 0 aromatic carbocycles. The molecule has 6 fully saturated rings. The highest BCUT2D eigenvalue weighted by atomic mass is 32.2. The van der Waals surface area contributed by atoms with Crippen LogP contribution >= 0.6 is 47.0 Å². The molecule has 8 rings (SSSR count). The molecule has 2 aromatic rings. The van der Waals surface area contributed by atoms with Gasteiger partial charge in [-0.25, -0.2) is 9.36 Å². The second-order valence-electron chi connectivity index (χ2n) is 23.0. The van der Waals surface area contributed by atoms with E-state index in [2.05, 4.69) is 20.6 Å². The van der Waals surface area contributed by atoms with E-state index in [0.29, 0.717) is 0 Å². The lowest BCUT2D eigenvalue weighted by molar-refractivity contribution is -0.375. The van der Waals surface area contributed by atoms with Gasteiger partial charge in [-0.1, -0.05) is 10.4 Å². The zero-order valence-corrected chi connectivity index (χ0v) is 54.0. The van der Waals surface area contributed by atoms with Crippen molar-refractivity contribution in [2.24, 2.45) is 0 Å². The van der Waals surface area contributed by atoms with Crippen LogP contribution in [-0.4, -0.2) is 399 Å². The molecule has 6 aliphatic heterocycles. The number of rotatable bonds is 34. The van der Waals surface area contributed by atoms with E-state index in [-0.39, 0.29) is 98.6 Å². The van der Waals surface area contributed by atoms with Gasteiger partial charge in [0.1, 0.15) is 180 Å². The summed E-state index contributed by atoms with van der Waals surface area (Å²) in [7, 11) is 0. The number of hydrogen-bond donors (Lipinski definition) is 22. The molecule has 0 radical (unpaired) electrons. The first-order valence-electron chi connectivity index (χ1n) is 30.3. The second kappa shape index (κ2) is 37.5. The molecule has 2 aromatic heterocycles. The van der Waals surface area contributed by atoms with E-state index in [9.17, 15) is 112 Å². The predicted molar refractivity (Wildman–Crippen MR) is 318 cm³/mol. The average Bonchev–Trinajstić information content (AvgIpc) is 1.80. The molecule has 0 bridgehead atoms. The van der Waals surface area contributed by atoms with Crippen molar-refractivity contribution < 1.29 is 164 Å². The highest BCUT2D eigenvalue weighted by Crippen LogP contribution is 2.35. The summed E-state index contributed by atoms with van der Waals surface area (Å²) in [5.41, 5.74) is -3.43. The number of hydrogen-bond acceptors (Lipinski definition) is 41. The van der Waals surface area contributed by atoms with Gasteiger partial charge in [0.05, 0.1) is 104 Å². The van der Waals surface area contributed by atoms with Crippen molar-refractivity contribution in [2.45, 2.75) is 220 Å². The van der Waals surface area contributed by atoms with Crippen LogP contribution in [0, 0.1) is 0 Å². The van der Waals surface area contributed by atoms with Crippen LogP contribution in [0.5, 0.6) is 0 Å². The fourth-order valence-corrected chi connectivity index (χ4v) is 14.9. The van der Waals surface area contributed by atoms with E-state index < -0.39 is 220 Å². The maximum Gasteiger partial charge on any atom is 0.189 e. The molecule has 95 heavy (non-hydrogen) atoms. The molecular weight excluding hydrogens is 1360 g/mol. The Hall–Kier alpha value is -1.64. The van der Waals surface area contributed by atoms with Crippen molar-refractivity contribution in [3.05, 3.63) is 22.8 Å². The van der Waals surface area contributed by atoms with Gasteiger partial charge in [-0.05, 0) is 0 Å². The molecule has 6 aliphatic rings. The van der Waals surface area contributed by atoms with Crippen LogP contribution in [0.25, 0.3) is 0 Å². The first-order valence-corrected chi connectivity index (χ1v) is 34.5. The maximum absolute atomic E-state index is 11.3. The van der Waals surface area contributed by atoms with Crippen molar-refractivity contribution in [3.63, 3.8) is 0 Å². The Bertz CT molecular complexity index is 2400. The van der Waals surface area contributed by atoms with Gasteiger partial charge in [-0.2, -0.15) is 0 Å². The van der Waals surface area contributed by atoms with Crippen LogP contribution in [0.3, 0.4) is 0 Å². The monoisotopic (exact) mass is 1450 g/mol. The van der Waals surface area contributed by atoms with Gasteiger partial charge in [0.25, 0.3) is 0 Å². The molecule has 0 unspecified atom stereocenters. The summed E-state index contributed by atoms with van der Waals surface area (Å²) < 4.78 is 66.2. The fraction of sp³-hybridized carbons (Fsp3) is 0.923. The zero-order chi connectivity index (χ0) is 68.9. The van der Waals surface area contributed by atoms with Crippen LogP contribution in [0.2, 0.25) is 0 Å². The molecule has 22 N–H and O–H groups in total. The van der Waals surface area contributed by atoms with Crippen LogP contribution in [-0.2, 0) is 91.6 Å². The lowest BCUT2D eigenvalue weighted by Crippen LogP contribution is -2.63. The van der Waals surface area contributed by atoms with Gasteiger partial charge in [0, 0.05) is 23.0 Å². The molecule has 0 aliphatic carbocycles. The van der Waals surface area contributed by atoms with E-state index in [1.165, 1.54) is 9.36 Å². The van der Waals surface area contributed by atoms with E-state index >= 15 is 0 Å². The Morgan fingerprint density at radius 3 is 0.832 bits per heavy atom. The first kappa shape index (κ1) is 79.1. The summed E-state index contributed by atoms with van der Waals surface area (Å²) >= 11 is 4.08. The maximum atomic E-state index is 11.3. The minimum Gasteiger partial charge on any atom is -0.394 e. The third kappa shape index (κ3) is 19.6.